The number of amides is 2. The van der Waals surface area contributed by atoms with Gasteiger partial charge >= 0.3 is 0 Å². The zero-order chi connectivity index (χ0) is 20.4. The minimum atomic E-state index is -0.459. The summed E-state index contributed by atoms with van der Waals surface area (Å²) < 4.78 is 0. The van der Waals surface area contributed by atoms with E-state index in [4.69, 9.17) is 0 Å². The third-order valence-electron chi connectivity index (χ3n) is 4.97. The Bertz CT molecular complexity index is 948. The van der Waals surface area contributed by atoms with Crippen LogP contribution in [0.15, 0.2) is 41.4 Å². The molecule has 5 nitrogen and oxygen atoms in total. The summed E-state index contributed by atoms with van der Waals surface area (Å²) in [6.45, 7) is 8.01. The van der Waals surface area contributed by atoms with Gasteiger partial charge in [0.05, 0.1) is 5.69 Å². The number of nitrogens with one attached hydrogen (secondary N) is 1. The number of para-hydroxylation sites is 1. The van der Waals surface area contributed by atoms with Crippen LogP contribution in [0.4, 0.5) is 11.4 Å². The van der Waals surface area contributed by atoms with Gasteiger partial charge in [-0.2, -0.15) is 0 Å². The maximum atomic E-state index is 12.6. The molecule has 0 aliphatic carbocycles. The number of rotatable bonds is 4. The SMILES string of the molecule is Cc1ccc(N=C2SC(CC(=O)Nc3c(C)cccc3C)C(=O)N2C)cc1C. The van der Waals surface area contributed by atoms with Crippen LogP contribution in [-0.2, 0) is 9.59 Å². The average Bonchev–Trinajstić information content (AvgIpc) is 2.89. The lowest BCUT2D eigenvalue weighted by atomic mass is 10.1. The Morgan fingerprint density at radius 1 is 1.07 bits per heavy atom. The molecule has 1 aliphatic rings. The van der Waals surface area contributed by atoms with E-state index in [0.717, 1.165) is 28.1 Å². The number of nitrogens with zero attached hydrogens (tertiary/aromatic N) is 2. The summed E-state index contributed by atoms with van der Waals surface area (Å²) in [5.74, 6) is -0.256. The Balaban J connectivity index is 1.72. The lowest BCUT2D eigenvalue weighted by Gasteiger charge is -2.12. The molecule has 0 aromatic heterocycles. The van der Waals surface area contributed by atoms with E-state index >= 15 is 0 Å². The molecule has 146 valence electrons. The van der Waals surface area contributed by atoms with Crippen LogP contribution >= 0.6 is 11.8 Å². The predicted molar refractivity (Wildman–Crippen MR) is 116 cm³/mol. The second-order valence-corrected chi connectivity index (χ2v) is 8.36. The molecule has 6 heteroatoms. The molecule has 0 saturated carbocycles. The standard InChI is InChI=1S/C22H25N3O2S/c1-13-9-10-17(11-16(13)4)23-22-25(5)21(27)18(28-22)12-19(26)24-20-14(2)7-6-8-15(20)3/h6-11,18H,12H2,1-5H3,(H,24,26). The summed E-state index contributed by atoms with van der Waals surface area (Å²) in [6.07, 6.45) is 0.119. The Morgan fingerprint density at radius 2 is 1.75 bits per heavy atom. The maximum Gasteiger partial charge on any atom is 0.242 e. The number of carbonyl (C=O) groups excluding carboxylic acids is 2. The number of anilines is 1. The highest BCUT2D eigenvalue weighted by molar-refractivity contribution is 8.15. The fourth-order valence-electron chi connectivity index (χ4n) is 3.07. The van der Waals surface area contributed by atoms with E-state index in [1.807, 2.05) is 57.2 Å². The summed E-state index contributed by atoms with van der Waals surface area (Å²) >= 11 is 1.34. The van der Waals surface area contributed by atoms with Gasteiger partial charge in [-0.3, -0.25) is 14.5 Å². The van der Waals surface area contributed by atoms with Gasteiger partial charge in [0.1, 0.15) is 5.25 Å². The minimum Gasteiger partial charge on any atom is -0.326 e. The van der Waals surface area contributed by atoms with E-state index in [2.05, 4.69) is 17.2 Å². The van der Waals surface area contributed by atoms with Crippen LogP contribution in [0.2, 0.25) is 0 Å². The van der Waals surface area contributed by atoms with E-state index in [-0.39, 0.29) is 18.2 Å². The number of hydrogen-bond acceptors (Lipinski definition) is 4. The molecule has 1 saturated heterocycles. The molecule has 1 N–H and O–H groups in total. The van der Waals surface area contributed by atoms with Crippen molar-refractivity contribution in [2.75, 3.05) is 12.4 Å². The number of aliphatic imine (C=N–C) groups is 1. The molecule has 2 amide bonds. The zero-order valence-electron chi connectivity index (χ0n) is 16.9. The van der Waals surface area contributed by atoms with Gasteiger partial charge in [-0.1, -0.05) is 36.0 Å². The van der Waals surface area contributed by atoms with Crippen molar-refractivity contribution in [1.82, 2.24) is 4.90 Å². The number of amidine groups is 1. The number of carbonyl (C=O) groups is 2. The van der Waals surface area contributed by atoms with Gasteiger partial charge in [0.15, 0.2) is 5.17 Å². The Labute approximate surface area is 170 Å². The Morgan fingerprint density at radius 3 is 2.39 bits per heavy atom. The Hall–Kier alpha value is -2.60. The molecule has 3 rings (SSSR count). The number of hydrogen-bond donors (Lipinski definition) is 1. The number of benzene rings is 2. The molecule has 0 radical (unpaired) electrons. The van der Waals surface area contributed by atoms with Crippen LogP contribution in [0.3, 0.4) is 0 Å². The van der Waals surface area contributed by atoms with E-state index in [1.165, 1.54) is 22.2 Å². The fraction of sp³-hybridized carbons (Fsp3) is 0.318. The van der Waals surface area contributed by atoms with Crippen molar-refractivity contribution >= 4 is 40.1 Å². The van der Waals surface area contributed by atoms with Gasteiger partial charge < -0.3 is 5.32 Å². The van der Waals surface area contributed by atoms with Gasteiger partial charge in [0.25, 0.3) is 0 Å². The molecular formula is C22H25N3O2S. The van der Waals surface area contributed by atoms with E-state index in [1.54, 1.807) is 7.05 Å². The van der Waals surface area contributed by atoms with Gasteiger partial charge in [0.2, 0.25) is 11.8 Å². The highest BCUT2D eigenvalue weighted by atomic mass is 32.2. The molecule has 1 aliphatic heterocycles. The van der Waals surface area contributed by atoms with Gasteiger partial charge in [-0.25, -0.2) is 4.99 Å². The highest BCUT2D eigenvalue weighted by Crippen LogP contribution is 2.31. The highest BCUT2D eigenvalue weighted by Gasteiger charge is 2.37. The normalized spacial score (nSPS) is 18.0. The molecule has 2 aromatic rings. The van der Waals surface area contributed by atoms with Gasteiger partial charge in [0, 0.05) is 19.2 Å². The van der Waals surface area contributed by atoms with Gasteiger partial charge in [-0.15, -0.1) is 0 Å². The maximum absolute atomic E-state index is 12.6. The first-order chi connectivity index (χ1) is 13.3. The van der Waals surface area contributed by atoms with Crippen molar-refractivity contribution in [1.29, 1.82) is 0 Å². The minimum absolute atomic E-state index is 0.0933. The molecule has 28 heavy (non-hydrogen) atoms. The summed E-state index contributed by atoms with van der Waals surface area (Å²) in [5.41, 5.74) is 6.00. The summed E-state index contributed by atoms with van der Waals surface area (Å²) in [5, 5.41) is 3.12. The zero-order valence-corrected chi connectivity index (χ0v) is 17.7. The van der Waals surface area contributed by atoms with Crippen LogP contribution in [0.25, 0.3) is 0 Å². The van der Waals surface area contributed by atoms with Crippen molar-refractivity contribution in [3.05, 3.63) is 58.7 Å². The summed E-state index contributed by atoms with van der Waals surface area (Å²) in [4.78, 5) is 31.3. The number of aryl methyl sites for hydroxylation is 4. The van der Waals surface area contributed by atoms with Crippen molar-refractivity contribution in [2.45, 2.75) is 39.4 Å². The summed E-state index contributed by atoms with van der Waals surface area (Å²) in [7, 11) is 1.71. The topological polar surface area (TPSA) is 61.8 Å². The first-order valence-electron chi connectivity index (χ1n) is 9.22. The third kappa shape index (κ3) is 4.28. The third-order valence-corrected chi connectivity index (χ3v) is 6.20. The molecule has 1 fully saturated rings. The second-order valence-electron chi connectivity index (χ2n) is 7.19. The largest absolute Gasteiger partial charge is 0.326 e. The summed E-state index contributed by atoms with van der Waals surface area (Å²) in [6, 6.07) is 11.8. The van der Waals surface area contributed by atoms with Crippen LogP contribution in [-0.4, -0.2) is 34.2 Å². The van der Waals surface area contributed by atoms with E-state index < -0.39 is 5.25 Å². The monoisotopic (exact) mass is 395 g/mol. The molecule has 2 aromatic carbocycles. The van der Waals surface area contributed by atoms with Crippen LogP contribution in [0.5, 0.6) is 0 Å². The van der Waals surface area contributed by atoms with E-state index in [0.29, 0.717) is 5.17 Å². The smallest absolute Gasteiger partial charge is 0.242 e. The molecular weight excluding hydrogens is 370 g/mol. The van der Waals surface area contributed by atoms with Crippen molar-refractivity contribution in [3.63, 3.8) is 0 Å². The van der Waals surface area contributed by atoms with E-state index in [9.17, 15) is 9.59 Å². The second kappa shape index (κ2) is 8.19. The average molecular weight is 396 g/mol. The van der Waals surface area contributed by atoms with Crippen molar-refractivity contribution in [2.24, 2.45) is 4.99 Å². The predicted octanol–water partition coefficient (Wildman–Crippen LogP) is 4.51. The van der Waals surface area contributed by atoms with Crippen molar-refractivity contribution in [3.8, 4) is 0 Å². The fourth-order valence-corrected chi connectivity index (χ4v) is 4.23. The molecule has 1 atom stereocenters. The van der Waals surface area contributed by atoms with Crippen LogP contribution in [0.1, 0.15) is 28.7 Å². The van der Waals surface area contributed by atoms with Crippen LogP contribution < -0.4 is 5.32 Å². The van der Waals surface area contributed by atoms with Crippen LogP contribution in [0, 0.1) is 27.7 Å². The lowest BCUT2D eigenvalue weighted by Crippen LogP contribution is -2.30. The van der Waals surface area contributed by atoms with Crippen molar-refractivity contribution < 1.29 is 9.59 Å². The quantitative estimate of drug-likeness (QED) is 0.828. The van der Waals surface area contributed by atoms with Gasteiger partial charge in [-0.05, 0) is 62.1 Å². The molecule has 1 heterocycles. The molecule has 1 unspecified atom stereocenters. The number of thioether (sulfide) groups is 1. The first-order valence-corrected chi connectivity index (χ1v) is 10.1. The lowest BCUT2D eigenvalue weighted by molar-refractivity contribution is -0.127. The molecule has 0 spiro atoms. The Kier molecular flexibility index (Phi) is 5.89. The molecule has 0 bridgehead atoms. The first kappa shape index (κ1) is 20.1.